The van der Waals surface area contributed by atoms with Gasteiger partial charge in [-0.25, -0.2) is 0 Å². The zero-order valence-corrected chi connectivity index (χ0v) is 19.8. The number of nitrogens with one attached hydrogen (secondary N) is 1. The molecule has 8 heteroatoms. The van der Waals surface area contributed by atoms with E-state index >= 15 is 0 Å². The normalized spacial score (nSPS) is 14.7. The van der Waals surface area contributed by atoms with Crippen LogP contribution >= 0.6 is 0 Å². The molecule has 2 aromatic carbocycles. The third-order valence-electron chi connectivity index (χ3n) is 6.22. The summed E-state index contributed by atoms with van der Waals surface area (Å²) in [6, 6.07) is 21.3. The highest BCUT2D eigenvalue weighted by Crippen LogP contribution is 2.26. The van der Waals surface area contributed by atoms with Crippen molar-refractivity contribution in [1.29, 1.82) is 0 Å². The van der Waals surface area contributed by atoms with Gasteiger partial charge in [0.1, 0.15) is 17.3 Å². The second kappa shape index (κ2) is 10.6. The molecule has 1 aliphatic rings. The minimum Gasteiger partial charge on any atom is -0.484 e. The van der Waals surface area contributed by atoms with Gasteiger partial charge in [-0.1, -0.05) is 42.5 Å². The molecule has 8 nitrogen and oxygen atoms in total. The molecule has 0 unspecified atom stereocenters. The number of para-hydroxylation sites is 1. The number of nitrogens with zero attached hydrogens (tertiary/aromatic N) is 4. The number of ether oxygens (including phenoxy) is 1. The van der Waals surface area contributed by atoms with Crippen LogP contribution in [0.5, 0.6) is 5.75 Å². The first kappa shape index (κ1) is 22.9. The van der Waals surface area contributed by atoms with Crippen LogP contribution in [0.25, 0.3) is 11.3 Å². The van der Waals surface area contributed by atoms with Gasteiger partial charge in [0, 0.05) is 38.2 Å². The van der Waals surface area contributed by atoms with Gasteiger partial charge in [0.25, 0.3) is 5.91 Å². The summed E-state index contributed by atoms with van der Waals surface area (Å²) in [5.74, 6) is 3.08. The van der Waals surface area contributed by atoms with E-state index in [9.17, 15) is 4.79 Å². The molecule has 0 spiro atoms. The van der Waals surface area contributed by atoms with Gasteiger partial charge < -0.3 is 19.0 Å². The third kappa shape index (κ3) is 5.44. The van der Waals surface area contributed by atoms with E-state index in [4.69, 9.17) is 9.15 Å². The number of benzene rings is 2. The van der Waals surface area contributed by atoms with E-state index in [0.717, 1.165) is 55.6 Å². The van der Waals surface area contributed by atoms with Gasteiger partial charge in [-0.3, -0.25) is 9.69 Å². The Kier molecular flexibility index (Phi) is 6.90. The fraction of sp³-hybridized carbons (Fsp3) is 0.296. The first-order valence-electron chi connectivity index (χ1n) is 11.9. The Morgan fingerprint density at radius 2 is 1.86 bits per heavy atom. The molecule has 0 saturated carbocycles. The monoisotopic (exact) mass is 471 g/mol. The molecule has 5 rings (SSSR count). The average molecular weight is 472 g/mol. The predicted octanol–water partition coefficient (Wildman–Crippen LogP) is 3.85. The zero-order chi connectivity index (χ0) is 24.0. The molecule has 0 bridgehead atoms. The van der Waals surface area contributed by atoms with Crippen LogP contribution in [-0.4, -0.2) is 45.3 Å². The number of aromatic nitrogens is 3. The van der Waals surface area contributed by atoms with Crippen LogP contribution in [0.15, 0.2) is 77.4 Å². The van der Waals surface area contributed by atoms with Crippen LogP contribution in [0.4, 0.5) is 0 Å². The van der Waals surface area contributed by atoms with E-state index in [0.29, 0.717) is 5.75 Å². The maximum atomic E-state index is 12.4. The summed E-state index contributed by atoms with van der Waals surface area (Å²) in [5, 5.41) is 11.8. The van der Waals surface area contributed by atoms with Crippen molar-refractivity contribution in [2.24, 2.45) is 0 Å². The van der Waals surface area contributed by atoms with Crippen LogP contribution < -0.4 is 10.1 Å². The van der Waals surface area contributed by atoms with Gasteiger partial charge in [0.15, 0.2) is 12.4 Å². The molecule has 1 aliphatic heterocycles. The molecule has 0 fully saturated rings. The van der Waals surface area contributed by atoms with Crippen molar-refractivity contribution in [3.63, 3.8) is 0 Å². The van der Waals surface area contributed by atoms with Crippen molar-refractivity contribution in [2.45, 2.75) is 32.5 Å². The molecule has 1 atom stereocenters. The SMILES string of the molecule is C[C@@H](NC(=O)COc1ccccc1)c1nnc2n1CCN(Cc1ccccc1-c1ccco1)CC2. The van der Waals surface area contributed by atoms with Gasteiger partial charge in [0.2, 0.25) is 0 Å². The van der Waals surface area contributed by atoms with Crippen molar-refractivity contribution in [3.8, 4) is 17.1 Å². The van der Waals surface area contributed by atoms with Crippen molar-refractivity contribution in [3.05, 3.63) is 90.2 Å². The fourth-order valence-corrected chi connectivity index (χ4v) is 4.45. The minimum absolute atomic E-state index is 0.0434. The van der Waals surface area contributed by atoms with Crippen molar-refractivity contribution in [2.75, 3.05) is 19.7 Å². The number of amides is 1. The number of hydrogen-bond donors (Lipinski definition) is 1. The van der Waals surface area contributed by atoms with Crippen LogP contribution in [0, 0.1) is 0 Å². The van der Waals surface area contributed by atoms with Crippen LogP contribution in [0.2, 0.25) is 0 Å². The topological polar surface area (TPSA) is 85.4 Å². The second-order valence-corrected chi connectivity index (χ2v) is 8.68. The van der Waals surface area contributed by atoms with E-state index in [-0.39, 0.29) is 18.6 Å². The van der Waals surface area contributed by atoms with Gasteiger partial charge in [-0.2, -0.15) is 0 Å². The van der Waals surface area contributed by atoms with Crippen molar-refractivity contribution >= 4 is 5.91 Å². The Morgan fingerprint density at radius 1 is 1.03 bits per heavy atom. The second-order valence-electron chi connectivity index (χ2n) is 8.68. The number of furan rings is 1. The van der Waals surface area contributed by atoms with Gasteiger partial charge >= 0.3 is 0 Å². The molecular formula is C27H29N5O3. The van der Waals surface area contributed by atoms with E-state index in [2.05, 4.69) is 43.2 Å². The highest BCUT2D eigenvalue weighted by atomic mass is 16.5. The molecule has 0 radical (unpaired) electrons. The van der Waals surface area contributed by atoms with E-state index in [1.165, 1.54) is 5.56 Å². The molecule has 35 heavy (non-hydrogen) atoms. The Balaban J connectivity index is 1.20. The standard InChI is InChI=1S/C27H29N5O3/c1-20(28-26(33)19-35-22-9-3-2-4-10-22)27-30-29-25-13-14-31(15-16-32(25)27)18-21-8-5-6-11-23(21)24-12-7-17-34-24/h2-12,17,20H,13-16,18-19H2,1H3,(H,28,33)/t20-/m1/s1. The van der Waals surface area contributed by atoms with E-state index in [1.807, 2.05) is 55.5 Å². The van der Waals surface area contributed by atoms with E-state index < -0.39 is 0 Å². The summed E-state index contributed by atoms with van der Waals surface area (Å²) >= 11 is 0. The van der Waals surface area contributed by atoms with Crippen molar-refractivity contribution < 1.29 is 13.9 Å². The molecule has 0 saturated heterocycles. The molecule has 1 amide bonds. The summed E-state index contributed by atoms with van der Waals surface area (Å²) in [5.41, 5.74) is 2.36. The Morgan fingerprint density at radius 3 is 2.69 bits per heavy atom. The largest absolute Gasteiger partial charge is 0.484 e. The molecule has 180 valence electrons. The summed E-state index contributed by atoms with van der Waals surface area (Å²) in [6.45, 7) is 5.23. The third-order valence-corrected chi connectivity index (χ3v) is 6.22. The first-order valence-corrected chi connectivity index (χ1v) is 11.9. The lowest BCUT2D eigenvalue weighted by Gasteiger charge is -2.21. The highest BCUT2D eigenvalue weighted by molar-refractivity contribution is 5.77. The number of carbonyl (C=O) groups excluding carboxylic acids is 1. The Bertz CT molecular complexity index is 1250. The minimum atomic E-state index is -0.269. The molecule has 3 heterocycles. The number of hydrogen-bond acceptors (Lipinski definition) is 6. The first-order chi connectivity index (χ1) is 17.2. The van der Waals surface area contributed by atoms with Gasteiger partial charge in [-0.05, 0) is 36.8 Å². The van der Waals surface area contributed by atoms with Crippen LogP contribution in [0.3, 0.4) is 0 Å². The van der Waals surface area contributed by atoms with Crippen molar-refractivity contribution in [1.82, 2.24) is 25.0 Å². The lowest BCUT2D eigenvalue weighted by Crippen LogP contribution is -2.33. The maximum Gasteiger partial charge on any atom is 0.258 e. The highest BCUT2D eigenvalue weighted by Gasteiger charge is 2.23. The molecule has 2 aromatic heterocycles. The Hall–Kier alpha value is -3.91. The number of carbonyl (C=O) groups is 1. The van der Waals surface area contributed by atoms with E-state index in [1.54, 1.807) is 6.26 Å². The summed E-state index contributed by atoms with van der Waals surface area (Å²) in [4.78, 5) is 14.9. The molecular weight excluding hydrogens is 442 g/mol. The van der Waals surface area contributed by atoms with Crippen LogP contribution in [-0.2, 0) is 24.3 Å². The summed E-state index contributed by atoms with van der Waals surface area (Å²) < 4.78 is 13.3. The lowest BCUT2D eigenvalue weighted by atomic mass is 10.0. The number of fused-ring (bicyclic) bond motifs is 1. The van der Waals surface area contributed by atoms with Gasteiger partial charge in [0.05, 0.1) is 12.3 Å². The Labute approximate surface area is 204 Å². The summed E-state index contributed by atoms with van der Waals surface area (Å²) in [7, 11) is 0. The predicted molar refractivity (Wildman–Crippen MR) is 132 cm³/mol. The van der Waals surface area contributed by atoms with Gasteiger partial charge in [-0.15, -0.1) is 10.2 Å². The van der Waals surface area contributed by atoms with Crippen LogP contribution in [0.1, 0.15) is 30.2 Å². The fourth-order valence-electron chi connectivity index (χ4n) is 4.45. The molecule has 0 aliphatic carbocycles. The maximum absolute atomic E-state index is 12.4. The molecule has 4 aromatic rings. The quantitative estimate of drug-likeness (QED) is 0.420. The zero-order valence-electron chi connectivity index (χ0n) is 19.8. The average Bonchev–Trinajstić information content (AvgIpc) is 3.52. The number of rotatable bonds is 8. The molecule has 1 N–H and O–H groups in total. The summed E-state index contributed by atoms with van der Waals surface area (Å²) in [6.07, 6.45) is 2.51. The smallest absolute Gasteiger partial charge is 0.258 e. The lowest BCUT2D eigenvalue weighted by molar-refractivity contribution is -0.123.